The third kappa shape index (κ3) is 3.95. The van der Waals surface area contributed by atoms with E-state index in [1.807, 2.05) is 0 Å². The summed E-state index contributed by atoms with van der Waals surface area (Å²) < 4.78 is 0. The summed E-state index contributed by atoms with van der Waals surface area (Å²) in [5.41, 5.74) is 10.4. The van der Waals surface area contributed by atoms with Crippen LogP contribution in [0.25, 0.3) is 0 Å². The van der Waals surface area contributed by atoms with Crippen molar-refractivity contribution < 1.29 is 4.79 Å². The van der Waals surface area contributed by atoms with Crippen molar-refractivity contribution in [2.24, 2.45) is 11.5 Å². The molecule has 1 rings (SSSR count). The van der Waals surface area contributed by atoms with E-state index in [0.717, 1.165) is 6.54 Å². The lowest BCUT2D eigenvalue weighted by atomic mass is 9.89. The second kappa shape index (κ2) is 6.53. The van der Waals surface area contributed by atoms with Crippen LogP contribution in [-0.4, -0.2) is 35.0 Å². The van der Waals surface area contributed by atoms with Crippen LogP contribution in [-0.2, 0) is 4.79 Å². The molecule has 106 valence electrons. The van der Waals surface area contributed by atoms with E-state index in [4.69, 9.17) is 11.5 Å². The normalized spacial score (nSPS) is 22.7. The molecular formula is C14H29N3O. The van der Waals surface area contributed by atoms with E-state index in [9.17, 15) is 4.79 Å². The van der Waals surface area contributed by atoms with E-state index < -0.39 is 11.4 Å². The average molecular weight is 255 g/mol. The molecule has 0 saturated heterocycles. The monoisotopic (exact) mass is 255 g/mol. The molecule has 0 radical (unpaired) electrons. The number of amides is 1. The molecule has 2 atom stereocenters. The average Bonchev–Trinajstić information content (AvgIpc) is 2.30. The highest BCUT2D eigenvalue weighted by Crippen LogP contribution is 2.26. The molecule has 1 fully saturated rings. The van der Waals surface area contributed by atoms with Crippen LogP contribution in [0.15, 0.2) is 0 Å². The van der Waals surface area contributed by atoms with Crippen molar-refractivity contribution in [2.45, 2.75) is 76.9 Å². The van der Waals surface area contributed by atoms with Crippen LogP contribution in [0.4, 0.5) is 0 Å². The number of carbonyl (C=O) groups is 1. The molecule has 0 heterocycles. The predicted octanol–water partition coefficient (Wildman–Crippen LogP) is 1.62. The Bertz CT molecular complexity index is 272. The van der Waals surface area contributed by atoms with Crippen molar-refractivity contribution >= 4 is 5.91 Å². The van der Waals surface area contributed by atoms with Gasteiger partial charge < -0.3 is 11.5 Å². The van der Waals surface area contributed by atoms with E-state index in [-0.39, 0.29) is 0 Å². The molecule has 4 nitrogen and oxygen atoms in total. The van der Waals surface area contributed by atoms with Crippen LogP contribution in [0.2, 0.25) is 0 Å². The second-order valence-electron chi connectivity index (χ2n) is 5.96. The molecule has 0 aliphatic heterocycles. The van der Waals surface area contributed by atoms with Gasteiger partial charge in [0.15, 0.2) is 0 Å². The van der Waals surface area contributed by atoms with Crippen molar-refractivity contribution in [1.29, 1.82) is 0 Å². The summed E-state index contributed by atoms with van der Waals surface area (Å²) in [7, 11) is 0. The fourth-order valence-corrected chi connectivity index (χ4v) is 3.17. The Kier molecular flexibility index (Phi) is 5.60. The number of primary amides is 1. The Hall–Kier alpha value is -0.610. The zero-order chi connectivity index (χ0) is 13.8. The Morgan fingerprint density at radius 3 is 2.39 bits per heavy atom. The summed E-state index contributed by atoms with van der Waals surface area (Å²) in [5.74, 6) is -0.408. The first-order valence-corrected chi connectivity index (χ1v) is 7.23. The lowest BCUT2D eigenvalue weighted by Crippen LogP contribution is -2.54. The fourth-order valence-electron chi connectivity index (χ4n) is 3.17. The summed E-state index contributed by atoms with van der Waals surface area (Å²) in [6, 6.07) is 0.961. The van der Waals surface area contributed by atoms with Crippen molar-refractivity contribution in [3.8, 4) is 0 Å². The minimum absolute atomic E-state index is 0.306. The molecule has 0 aromatic heterocycles. The Morgan fingerprint density at radius 2 is 1.94 bits per heavy atom. The van der Waals surface area contributed by atoms with Crippen molar-refractivity contribution in [3.05, 3.63) is 0 Å². The molecule has 1 aliphatic rings. The molecule has 4 N–H and O–H groups in total. The number of hydrogen-bond donors (Lipinski definition) is 2. The third-order valence-electron chi connectivity index (χ3n) is 4.26. The van der Waals surface area contributed by atoms with E-state index in [0.29, 0.717) is 18.5 Å². The maximum absolute atomic E-state index is 11.3. The lowest BCUT2D eigenvalue weighted by Gasteiger charge is -2.40. The molecule has 2 unspecified atom stereocenters. The number of rotatable bonds is 6. The Morgan fingerprint density at radius 1 is 1.39 bits per heavy atom. The third-order valence-corrected chi connectivity index (χ3v) is 4.26. The standard InChI is InChI=1S/C14H29N3O/c1-4-17(12-8-6-5-7-9-12)11(2)10-14(3,16)13(15)18/h11-12H,4-10,16H2,1-3H3,(H2,15,18). The SMILES string of the molecule is CCN(C(C)CC(C)(N)C(N)=O)C1CCCCC1. The minimum Gasteiger partial charge on any atom is -0.368 e. The topological polar surface area (TPSA) is 72.3 Å². The summed E-state index contributed by atoms with van der Waals surface area (Å²) in [6.07, 6.45) is 7.18. The number of carbonyl (C=O) groups excluding carboxylic acids is 1. The highest BCUT2D eigenvalue weighted by molar-refractivity contribution is 5.83. The number of nitrogens with zero attached hydrogens (tertiary/aromatic N) is 1. The van der Waals surface area contributed by atoms with Crippen LogP contribution < -0.4 is 11.5 Å². The first-order chi connectivity index (χ1) is 8.38. The smallest absolute Gasteiger partial charge is 0.237 e. The first kappa shape index (κ1) is 15.4. The molecule has 0 spiro atoms. The molecule has 0 aromatic carbocycles. The Balaban J connectivity index is 2.61. The molecule has 1 amide bonds. The van der Waals surface area contributed by atoms with Gasteiger partial charge in [-0.2, -0.15) is 0 Å². The Labute approximate surface area is 111 Å². The second-order valence-corrected chi connectivity index (χ2v) is 5.96. The van der Waals surface area contributed by atoms with E-state index >= 15 is 0 Å². The van der Waals surface area contributed by atoms with Gasteiger partial charge in [0.25, 0.3) is 0 Å². The van der Waals surface area contributed by atoms with E-state index in [1.54, 1.807) is 6.92 Å². The van der Waals surface area contributed by atoms with Gasteiger partial charge in [0, 0.05) is 12.1 Å². The fraction of sp³-hybridized carbons (Fsp3) is 0.929. The van der Waals surface area contributed by atoms with Gasteiger partial charge in [-0.25, -0.2) is 0 Å². The van der Waals surface area contributed by atoms with Gasteiger partial charge in [-0.05, 0) is 39.7 Å². The maximum Gasteiger partial charge on any atom is 0.237 e. The van der Waals surface area contributed by atoms with Crippen LogP contribution in [0, 0.1) is 0 Å². The molecule has 1 saturated carbocycles. The molecule has 4 heteroatoms. The number of hydrogen-bond acceptors (Lipinski definition) is 3. The van der Waals surface area contributed by atoms with Crippen LogP contribution in [0.5, 0.6) is 0 Å². The maximum atomic E-state index is 11.3. The largest absolute Gasteiger partial charge is 0.368 e. The first-order valence-electron chi connectivity index (χ1n) is 7.23. The summed E-state index contributed by atoms with van der Waals surface area (Å²) >= 11 is 0. The molecule has 18 heavy (non-hydrogen) atoms. The molecule has 0 bridgehead atoms. The van der Waals surface area contributed by atoms with Gasteiger partial charge in [0.05, 0.1) is 5.54 Å². The van der Waals surface area contributed by atoms with Crippen LogP contribution in [0.3, 0.4) is 0 Å². The highest BCUT2D eigenvalue weighted by atomic mass is 16.1. The van der Waals surface area contributed by atoms with Gasteiger partial charge in [-0.15, -0.1) is 0 Å². The summed E-state index contributed by atoms with van der Waals surface area (Å²) in [4.78, 5) is 13.8. The minimum atomic E-state index is -0.901. The van der Waals surface area contributed by atoms with E-state index in [2.05, 4.69) is 18.7 Å². The van der Waals surface area contributed by atoms with Gasteiger partial charge in [-0.1, -0.05) is 26.2 Å². The van der Waals surface area contributed by atoms with Gasteiger partial charge >= 0.3 is 0 Å². The molecule has 1 aliphatic carbocycles. The van der Waals surface area contributed by atoms with Crippen molar-refractivity contribution in [2.75, 3.05) is 6.54 Å². The van der Waals surface area contributed by atoms with E-state index in [1.165, 1.54) is 32.1 Å². The summed E-state index contributed by atoms with van der Waals surface area (Å²) in [6.45, 7) is 7.09. The van der Waals surface area contributed by atoms with Crippen LogP contribution >= 0.6 is 0 Å². The van der Waals surface area contributed by atoms with Gasteiger partial charge in [0.2, 0.25) is 5.91 Å². The van der Waals surface area contributed by atoms with Crippen molar-refractivity contribution in [1.82, 2.24) is 4.90 Å². The number of nitrogens with two attached hydrogens (primary N) is 2. The van der Waals surface area contributed by atoms with Crippen LogP contribution in [0.1, 0.15) is 59.3 Å². The van der Waals surface area contributed by atoms with Gasteiger partial charge in [-0.3, -0.25) is 9.69 Å². The predicted molar refractivity (Wildman–Crippen MR) is 75.1 cm³/mol. The zero-order valence-corrected chi connectivity index (χ0v) is 12.1. The highest BCUT2D eigenvalue weighted by Gasteiger charge is 2.32. The zero-order valence-electron chi connectivity index (χ0n) is 12.1. The van der Waals surface area contributed by atoms with Crippen molar-refractivity contribution in [3.63, 3.8) is 0 Å². The summed E-state index contributed by atoms with van der Waals surface area (Å²) in [5, 5.41) is 0. The quantitative estimate of drug-likeness (QED) is 0.757. The molecule has 0 aromatic rings. The van der Waals surface area contributed by atoms with Gasteiger partial charge in [0.1, 0.15) is 0 Å². The lowest BCUT2D eigenvalue weighted by molar-refractivity contribution is -0.123. The molecular weight excluding hydrogens is 226 g/mol.